The summed E-state index contributed by atoms with van der Waals surface area (Å²) in [5, 5.41) is 0. The van der Waals surface area contributed by atoms with E-state index < -0.39 is 0 Å². The van der Waals surface area contributed by atoms with Gasteiger partial charge in [0.2, 0.25) is 0 Å². The Labute approximate surface area is 69.8 Å². The number of hydrogen-bond acceptors (Lipinski definition) is 1. The van der Waals surface area contributed by atoms with E-state index in [1.807, 2.05) is 0 Å². The zero-order valence-electron chi connectivity index (χ0n) is 6.69. The molecule has 10 heavy (non-hydrogen) atoms. The molecule has 0 aliphatic heterocycles. The van der Waals surface area contributed by atoms with Crippen molar-refractivity contribution in [2.24, 2.45) is 0 Å². The van der Waals surface area contributed by atoms with Gasteiger partial charge < -0.3 is 0 Å². The van der Waals surface area contributed by atoms with Crippen molar-refractivity contribution in [3.05, 3.63) is 0 Å². The number of hydrogen-bond donors (Lipinski definition) is 1. The molecule has 0 nitrogen and oxygen atoms in total. The molecule has 0 atom stereocenters. The summed E-state index contributed by atoms with van der Waals surface area (Å²) in [5.74, 6) is 7.19. The minimum atomic E-state index is 0.993. The fraction of sp³-hybridized carbons (Fsp3) is 0.778. The van der Waals surface area contributed by atoms with Gasteiger partial charge in [-0.2, -0.15) is 12.6 Å². The third-order valence-electron chi connectivity index (χ3n) is 1.26. The van der Waals surface area contributed by atoms with Crippen LogP contribution in [0.3, 0.4) is 0 Å². The fourth-order valence-electron chi connectivity index (χ4n) is 0.715. The molecule has 1 heteroatoms. The third-order valence-corrected chi connectivity index (χ3v) is 1.58. The van der Waals surface area contributed by atoms with Crippen molar-refractivity contribution in [1.82, 2.24) is 0 Å². The van der Waals surface area contributed by atoms with Gasteiger partial charge in [0.25, 0.3) is 0 Å². The Morgan fingerprint density at radius 2 is 1.90 bits per heavy atom. The number of rotatable bonds is 4. The van der Waals surface area contributed by atoms with Crippen molar-refractivity contribution < 1.29 is 0 Å². The predicted octanol–water partition coefficient (Wildman–Crippen LogP) is 2.89. The maximum absolute atomic E-state index is 4.13. The first-order chi connectivity index (χ1) is 4.91. The summed E-state index contributed by atoms with van der Waals surface area (Å²) in [5.41, 5.74) is 0. The molecule has 0 saturated heterocycles. The zero-order chi connectivity index (χ0) is 7.66. The average Bonchev–Trinajstić information content (AvgIpc) is 1.97. The van der Waals surface area contributed by atoms with Crippen molar-refractivity contribution in [2.75, 3.05) is 5.75 Å². The summed E-state index contributed by atoms with van der Waals surface area (Å²) in [6.45, 7) is 2.08. The van der Waals surface area contributed by atoms with Crippen molar-refractivity contribution >= 4 is 12.6 Å². The van der Waals surface area contributed by atoms with E-state index in [-0.39, 0.29) is 0 Å². The Hall–Kier alpha value is -0.0900. The van der Waals surface area contributed by atoms with E-state index in [9.17, 15) is 0 Å². The Morgan fingerprint density at radius 3 is 2.50 bits per heavy atom. The van der Waals surface area contributed by atoms with Gasteiger partial charge in [-0.25, -0.2) is 0 Å². The molecular weight excluding hydrogens is 140 g/mol. The minimum Gasteiger partial charge on any atom is -0.179 e. The SMILES string of the molecule is CCC#CCCCCCS. The molecule has 0 aromatic rings. The van der Waals surface area contributed by atoms with Gasteiger partial charge in [0.1, 0.15) is 0 Å². The number of thiol groups is 1. The minimum absolute atomic E-state index is 0.993. The van der Waals surface area contributed by atoms with Crippen LogP contribution in [0.5, 0.6) is 0 Å². The van der Waals surface area contributed by atoms with Crippen molar-refractivity contribution in [2.45, 2.75) is 39.0 Å². The highest BCUT2D eigenvalue weighted by Gasteiger charge is 1.82. The van der Waals surface area contributed by atoms with Gasteiger partial charge >= 0.3 is 0 Å². The largest absolute Gasteiger partial charge is 0.179 e. The van der Waals surface area contributed by atoms with Crippen LogP contribution in [0.1, 0.15) is 39.0 Å². The second-order valence-electron chi connectivity index (χ2n) is 2.24. The summed E-state index contributed by atoms with van der Waals surface area (Å²) in [4.78, 5) is 0. The Kier molecular flexibility index (Phi) is 8.83. The Balaban J connectivity index is 2.90. The number of unbranched alkanes of at least 4 members (excludes halogenated alkanes) is 3. The first kappa shape index (κ1) is 9.91. The van der Waals surface area contributed by atoms with Crippen LogP contribution in [0, 0.1) is 11.8 Å². The molecule has 0 aromatic heterocycles. The molecular formula is C9H16S. The Morgan fingerprint density at radius 1 is 1.10 bits per heavy atom. The van der Waals surface area contributed by atoms with Crippen LogP contribution in [-0.4, -0.2) is 5.75 Å². The van der Waals surface area contributed by atoms with E-state index in [2.05, 4.69) is 31.4 Å². The molecule has 0 fully saturated rings. The second-order valence-corrected chi connectivity index (χ2v) is 2.69. The molecule has 0 unspecified atom stereocenters. The van der Waals surface area contributed by atoms with Gasteiger partial charge in [-0.1, -0.05) is 13.3 Å². The smallest absolute Gasteiger partial charge is 0.00886 e. The lowest BCUT2D eigenvalue weighted by Gasteiger charge is -1.90. The van der Waals surface area contributed by atoms with Gasteiger partial charge in [-0.3, -0.25) is 0 Å². The highest BCUT2D eigenvalue weighted by atomic mass is 32.1. The van der Waals surface area contributed by atoms with E-state index in [1.54, 1.807) is 0 Å². The lowest BCUT2D eigenvalue weighted by molar-refractivity contribution is 0.743. The van der Waals surface area contributed by atoms with Gasteiger partial charge in [0.05, 0.1) is 0 Å². The summed E-state index contributed by atoms with van der Waals surface area (Å²) in [6.07, 6.45) is 5.82. The van der Waals surface area contributed by atoms with Crippen molar-refractivity contribution in [1.29, 1.82) is 0 Å². The summed E-state index contributed by atoms with van der Waals surface area (Å²) >= 11 is 4.13. The van der Waals surface area contributed by atoms with E-state index >= 15 is 0 Å². The molecule has 0 rings (SSSR count). The van der Waals surface area contributed by atoms with E-state index in [0.29, 0.717) is 0 Å². The zero-order valence-corrected chi connectivity index (χ0v) is 7.58. The topological polar surface area (TPSA) is 0 Å². The van der Waals surface area contributed by atoms with Gasteiger partial charge in [-0.05, 0) is 18.6 Å². The normalized spacial score (nSPS) is 8.60. The summed E-state index contributed by atoms with van der Waals surface area (Å²) in [6, 6.07) is 0. The summed E-state index contributed by atoms with van der Waals surface area (Å²) < 4.78 is 0. The summed E-state index contributed by atoms with van der Waals surface area (Å²) in [7, 11) is 0. The van der Waals surface area contributed by atoms with E-state index in [1.165, 1.54) is 19.3 Å². The molecule has 0 radical (unpaired) electrons. The van der Waals surface area contributed by atoms with Crippen LogP contribution in [-0.2, 0) is 0 Å². The molecule has 0 aliphatic carbocycles. The van der Waals surface area contributed by atoms with Crippen LogP contribution >= 0.6 is 12.6 Å². The first-order valence-electron chi connectivity index (χ1n) is 3.98. The lowest BCUT2D eigenvalue weighted by Crippen LogP contribution is -1.76. The van der Waals surface area contributed by atoms with Crippen LogP contribution in [0.15, 0.2) is 0 Å². The molecule has 0 heterocycles. The maximum Gasteiger partial charge on any atom is 0.00886 e. The molecule has 0 spiro atoms. The molecule has 0 aromatic carbocycles. The molecule has 0 N–H and O–H groups in total. The molecule has 0 saturated carbocycles. The van der Waals surface area contributed by atoms with Gasteiger partial charge in [0, 0.05) is 12.8 Å². The molecule has 58 valence electrons. The van der Waals surface area contributed by atoms with Gasteiger partial charge in [-0.15, -0.1) is 11.8 Å². The fourth-order valence-corrected chi connectivity index (χ4v) is 0.939. The lowest BCUT2D eigenvalue weighted by atomic mass is 10.2. The predicted molar refractivity (Wildman–Crippen MR) is 50.4 cm³/mol. The van der Waals surface area contributed by atoms with Crippen LogP contribution in [0.2, 0.25) is 0 Å². The van der Waals surface area contributed by atoms with Crippen LogP contribution in [0.25, 0.3) is 0 Å². The Bertz CT molecular complexity index is 108. The monoisotopic (exact) mass is 156 g/mol. The quantitative estimate of drug-likeness (QED) is 0.361. The highest BCUT2D eigenvalue weighted by molar-refractivity contribution is 7.80. The van der Waals surface area contributed by atoms with Gasteiger partial charge in [0.15, 0.2) is 0 Å². The van der Waals surface area contributed by atoms with E-state index in [4.69, 9.17) is 0 Å². The van der Waals surface area contributed by atoms with Crippen LogP contribution < -0.4 is 0 Å². The maximum atomic E-state index is 4.13. The van der Waals surface area contributed by atoms with Crippen molar-refractivity contribution in [3.8, 4) is 11.8 Å². The van der Waals surface area contributed by atoms with Crippen molar-refractivity contribution in [3.63, 3.8) is 0 Å². The van der Waals surface area contributed by atoms with E-state index in [0.717, 1.165) is 18.6 Å². The average molecular weight is 156 g/mol. The molecule has 0 amide bonds. The standard InChI is InChI=1S/C9H16S/c1-2-3-4-5-6-7-8-9-10/h10H,2,5-9H2,1H3. The molecule has 0 bridgehead atoms. The molecule has 0 aliphatic rings. The first-order valence-corrected chi connectivity index (χ1v) is 4.61. The van der Waals surface area contributed by atoms with Crippen LogP contribution in [0.4, 0.5) is 0 Å². The second kappa shape index (κ2) is 8.91. The third kappa shape index (κ3) is 7.91. The highest BCUT2D eigenvalue weighted by Crippen LogP contribution is 1.99.